The third kappa shape index (κ3) is 8.28. The molecule has 0 bridgehead atoms. The highest BCUT2D eigenvalue weighted by molar-refractivity contribution is 7.52. The van der Waals surface area contributed by atoms with Gasteiger partial charge in [-0.15, -0.1) is 0 Å². The first kappa shape index (κ1) is 16.1. The summed E-state index contributed by atoms with van der Waals surface area (Å²) in [6.45, 7) is 7.36. The van der Waals surface area contributed by atoms with Crippen molar-refractivity contribution in [3.05, 3.63) is 0 Å². The van der Waals surface area contributed by atoms with Crippen molar-refractivity contribution in [2.75, 3.05) is 33.6 Å². The van der Waals surface area contributed by atoms with E-state index >= 15 is 0 Å². The first-order chi connectivity index (χ1) is 7.55. The highest BCUT2D eigenvalue weighted by Gasteiger charge is 2.13. The van der Waals surface area contributed by atoms with E-state index in [-0.39, 0.29) is 0 Å². The van der Waals surface area contributed by atoms with Gasteiger partial charge in [-0.2, -0.15) is 0 Å². The van der Waals surface area contributed by atoms with Crippen LogP contribution in [0.15, 0.2) is 0 Å². The molecule has 0 saturated carbocycles. The Hall–Kier alpha value is 0.110. The Balaban J connectivity index is 3.49. The minimum Gasteiger partial charge on any atom is -0.379 e. The molecule has 0 aromatic carbocycles. The van der Waals surface area contributed by atoms with E-state index in [4.69, 9.17) is 13.8 Å². The van der Waals surface area contributed by atoms with Gasteiger partial charge >= 0.3 is 7.60 Å². The van der Waals surface area contributed by atoms with Crippen molar-refractivity contribution in [1.82, 2.24) is 0 Å². The summed E-state index contributed by atoms with van der Waals surface area (Å²) in [6, 6.07) is 0. The van der Waals surface area contributed by atoms with Crippen molar-refractivity contribution >= 4 is 7.60 Å². The standard InChI is InChI=1S/C11H25O4P/c1-5-7-11(6-2)10-14-8-9-15-16(4,12)13-3/h11H,5-10H2,1-4H3. The molecule has 0 aliphatic carbocycles. The first-order valence-electron chi connectivity index (χ1n) is 5.91. The summed E-state index contributed by atoms with van der Waals surface area (Å²) in [6.07, 6.45) is 3.52. The summed E-state index contributed by atoms with van der Waals surface area (Å²) >= 11 is 0. The minimum absolute atomic E-state index is 0.324. The lowest BCUT2D eigenvalue weighted by Gasteiger charge is -2.15. The molecule has 0 saturated heterocycles. The fraction of sp³-hybridized carbons (Fsp3) is 1.00. The maximum absolute atomic E-state index is 11.3. The van der Waals surface area contributed by atoms with Crippen LogP contribution in [0, 0.1) is 5.92 Å². The molecular formula is C11H25O4P. The molecule has 0 N–H and O–H groups in total. The predicted molar refractivity (Wildman–Crippen MR) is 66.0 cm³/mol. The van der Waals surface area contributed by atoms with Crippen molar-refractivity contribution in [3.8, 4) is 0 Å². The van der Waals surface area contributed by atoms with E-state index in [1.165, 1.54) is 26.6 Å². The molecule has 0 fully saturated rings. The van der Waals surface area contributed by atoms with Crippen molar-refractivity contribution < 1.29 is 18.3 Å². The highest BCUT2D eigenvalue weighted by Crippen LogP contribution is 2.42. The van der Waals surface area contributed by atoms with Crippen LogP contribution in [-0.4, -0.2) is 33.6 Å². The van der Waals surface area contributed by atoms with Gasteiger partial charge in [0.15, 0.2) is 0 Å². The molecule has 0 aliphatic rings. The highest BCUT2D eigenvalue weighted by atomic mass is 31.2. The van der Waals surface area contributed by atoms with Gasteiger partial charge in [0.25, 0.3) is 0 Å². The topological polar surface area (TPSA) is 44.8 Å². The first-order valence-corrected chi connectivity index (χ1v) is 7.90. The van der Waals surface area contributed by atoms with Gasteiger partial charge in [-0.3, -0.25) is 4.57 Å². The van der Waals surface area contributed by atoms with Gasteiger partial charge in [0, 0.05) is 20.4 Å². The minimum atomic E-state index is -2.84. The van der Waals surface area contributed by atoms with Crippen LogP contribution in [0.5, 0.6) is 0 Å². The van der Waals surface area contributed by atoms with E-state index in [0.717, 1.165) is 13.0 Å². The fourth-order valence-electron chi connectivity index (χ4n) is 1.38. The second kappa shape index (κ2) is 9.17. The average Bonchev–Trinajstić information content (AvgIpc) is 2.27. The summed E-state index contributed by atoms with van der Waals surface area (Å²) in [7, 11) is -1.45. The van der Waals surface area contributed by atoms with Gasteiger partial charge in [0.05, 0.1) is 13.2 Å². The van der Waals surface area contributed by atoms with Crippen LogP contribution in [0.3, 0.4) is 0 Å². The van der Waals surface area contributed by atoms with Crippen molar-refractivity contribution in [3.63, 3.8) is 0 Å². The quantitative estimate of drug-likeness (QED) is 0.442. The van der Waals surface area contributed by atoms with Crippen LogP contribution in [-0.2, 0) is 18.3 Å². The molecular weight excluding hydrogens is 227 g/mol. The SMILES string of the molecule is CCCC(CC)COCCOP(C)(=O)OC. The Morgan fingerprint density at radius 3 is 2.44 bits per heavy atom. The number of rotatable bonds is 10. The summed E-state index contributed by atoms with van der Waals surface area (Å²) in [5.74, 6) is 0.626. The third-order valence-electron chi connectivity index (χ3n) is 2.51. The fourth-order valence-corrected chi connectivity index (χ4v) is 1.89. The van der Waals surface area contributed by atoms with E-state index in [9.17, 15) is 4.57 Å². The lowest BCUT2D eigenvalue weighted by atomic mass is 10.0. The van der Waals surface area contributed by atoms with Crippen molar-refractivity contribution in [2.45, 2.75) is 33.1 Å². The molecule has 0 aliphatic heterocycles. The predicted octanol–water partition coefficient (Wildman–Crippen LogP) is 3.32. The van der Waals surface area contributed by atoms with Gasteiger partial charge in [0.1, 0.15) is 0 Å². The molecule has 16 heavy (non-hydrogen) atoms. The molecule has 0 aromatic heterocycles. The van der Waals surface area contributed by atoms with E-state index in [2.05, 4.69) is 13.8 Å². The Bertz CT molecular complexity index is 208. The molecule has 0 heterocycles. The number of hydrogen-bond donors (Lipinski definition) is 0. The Kier molecular flexibility index (Phi) is 9.24. The van der Waals surface area contributed by atoms with Crippen molar-refractivity contribution in [2.24, 2.45) is 5.92 Å². The summed E-state index contributed by atoms with van der Waals surface area (Å²) < 4.78 is 26.6. The average molecular weight is 252 g/mol. The molecule has 0 radical (unpaired) electrons. The van der Waals surface area contributed by atoms with Crippen LogP contribution in [0.2, 0.25) is 0 Å². The smallest absolute Gasteiger partial charge is 0.327 e. The molecule has 0 rings (SSSR count). The molecule has 98 valence electrons. The zero-order chi connectivity index (χ0) is 12.4. The third-order valence-corrected chi connectivity index (χ3v) is 3.83. The Morgan fingerprint density at radius 1 is 1.25 bits per heavy atom. The zero-order valence-electron chi connectivity index (χ0n) is 10.9. The van der Waals surface area contributed by atoms with Gasteiger partial charge in [-0.05, 0) is 12.3 Å². The normalized spacial score (nSPS) is 17.0. The van der Waals surface area contributed by atoms with Gasteiger partial charge in [0.2, 0.25) is 0 Å². The molecule has 4 nitrogen and oxygen atoms in total. The largest absolute Gasteiger partial charge is 0.379 e. The monoisotopic (exact) mass is 252 g/mol. The van der Waals surface area contributed by atoms with Gasteiger partial charge in [-0.1, -0.05) is 26.7 Å². The van der Waals surface area contributed by atoms with Gasteiger partial charge in [-0.25, -0.2) is 0 Å². The number of ether oxygens (including phenoxy) is 1. The maximum Gasteiger partial charge on any atom is 0.327 e. The van der Waals surface area contributed by atoms with Crippen molar-refractivity contribution in [1.29, 1.82) is 0 Å². The lowest BCUT2D eigenvalue weighted by Crippen LogP contribution is -2.11. The summed E-state index contributed by atoms with van der Waals surface area (Å²) in [4.78, 5) is 0. The molecule has 0 aromatic rings. The van der Waals surface area contributed by atoms with Crippen LogP contribution in [0.4, 0.5) is 0 Å². The van der Waals surface area contributed by atoms with Crippen LogP contribution in [0.25, 0.3) is 0 Å². The summed E-state index contributed by atoms with van der Waals surface area (Å²) in [5, 5.41) is 0. The molecule has 5 heteroatoms. The van der Waals surface area contributed by atoms with Crippen LogP contribution in [0.1, 0.15) is 33.1 Å². The second-order valence-electron chi connectivity index (χ2n) is 3.92. The summed E-state index contributed by atoms with van der Waals surface area (Å²) in [5.41, 5.74) is 0. The Labute approximate surface area is 99.2 Å². The molecule has 2 atom stereocenters. The van der Waals surface area contributed by atoms with E-state index < -0.39 is 7.60 Å². The molecule has 2 unspecified atom stereocenters. The molecule has 0 spiro atoms. The second-order valence-corrected chi connectivity index (χ2v) is 6.09. The van der Waals surface area contributed by atoms with E-state index in [0.29, 0.717) is 19.1 Å². The number of hydrogen-bond acceptors (Lipinski definition) is 4. The Morgan fingerprint density at radius 2 is 1.94 bits per heavy atom. The van der Waals surface area contributed by atoms with Crippen LogP contribution >= 0.6 is 7.60 Å². The van der Waals surface area contributed by atoms with E-state index in [1.807, 2.05) is 0 Å². The van der Waals surface area contributed by atoms with E-state index in [1.54, 1.807) is 0 Å². The van der Waals surface area contributed by atoms with Crippen LogP contribution < -0.4 is 0 Å². The zero-order valence-corrected chi connectivity index (χ0v) is 11.8. The van der Waals surface area contributed by atoms with Gasteiger partial charge < -0.3 is 13.8 Å². The maximum atomic E-state index is 11.3. The lowest BCUT2D eigenvalue weighted by molar-refractivity contribution is 0.0665. The molecule has 0 amide bonds.